The van der Waals surface area contributed by atoms with Crippen LogP contribution in [-0.2, 0) is 4.79 Å². The lowest BCUT2D eigenvalue weighted by Crippen LogP contribution is -2.49. The number of nitrogens with one attached hydrogen (secondary N) is 1. The first kappa shape index (κ1) is 18.8. The number of thioether (sulfide) groups is 1. The maximum Gasteiger partial charge on any atom is 0.323 e. The minimum atomic E-state index is -0.760. The Balaban J connectivity index is 3.91. The van der Waals surface area contributed by atoms with Gasteiger partial charge in [0.2, 0.25) is 0 Å². The third-order valence-corrected chi connectivity index (χ3v) is 5.22. The SMILES string of the molecule is CCCNC(C)(CCCCSC(C)C(C)C)C(=O)O. The van der Waals surface area contributed by atoms with Crippen molar-refractivity contribution >= 4 is 17.7 Å². The molecule has 0 heterocycles. The predicted octanol–water partition coefficient (Wildman–Crippen LogP) is 3.78. The Hall–Kier alpha value is -0.220. The average Bonchev–Trinajstić information content (AvgIpc) is 2.35. The molecule has 114 valence electrons. The molecule has 2 N–H and O–H groups in total. The molecule has 2 unspecified atom stereocenters. The summed E-state index contributed by atoms with van der Waals surface area (Å²) in [5.74, 6) is 1.10. The summed E-state index contributed by atoms with van der Waals surface area (Å²) in [5.41, 5.74) is -0.760. The first-order valence-electron chi connectivity index (χ1n) is 7.43. The predicted molar refractivity (Wildman–Crippen MR) is 84.9 cm³/mol. The maximum absolute atomic E-state index is 11.3. The zero-order chi connectivity index (χ0) is 14.9. The van der Waals surface area contributed by atoms with Gasteiger partial charge >= 0.3 is 5.97 Å². The second-order valence-corrected chi connectivity index (χ2v) is 7.33. The smallest absolute Gasteiger partial charge is 0.323 e. The largest absolute Gasteiger partial charge is 0.480 e. The molecule has 0 aliphatic heterocycles. The van der Waals surface area contributed by atoms with Crippen LogP contribution in [0.15, 0.2) is 0 Å². The van der Waals surface area contributed by atoms with Crippen LogP contribution < -0.4 is 5.32 Å². The Morgan fingerprint density at radius 1 is 1.32 bits per heavy atom. The number of hydrogen-bond donors (Lipinski definition) is 2. The number of carbonyl (C=O) groups is 1. The third-order valence-electron chi connectivity index (χ3n) is 3.63. The molecule has 0 aromatic rings. The summed E-state index contributed by atoms with van der Waals surface area (Å²) in [6.07, 6.45) is 3.74. The van der Waals surface area contributed by atoms with E-state index in [2.05, 4.69) is 33.0 Å². The summed E-state index contributed by atoms with van der Waals surface area (Å²) in [6.45, 7) is 11.4. The molecule has 19 heavy (non-hydrogen) atoms. The van der Waals surface area contributed by atoms with Crippen molar-refractivity contribution in [2.45, 2.75) is 71.1 Å². The van der Waals surface area contributed by atoms with E-state index in [1.807, 2.05) is 11.8 Å². The lowest BCUT2D eigenvalue weighted by Gasteiger charge is -2.26. The molecule has 0 fully saturated rings. The Kier molecular flexibility index (Phi) is 9.54. The highest BCUT2D eigenvalue weighted by Gasteiger charge is 2.31. The van der Waals surface area contributed by atoms with Gasteiger partial charge in [0.1, 0.15) is 5.54 Å². The quantitative estimate of drug-likeness (QED) is 0.568. The van der Waals surface area contributed by atoms with Gasteiger partial charge < -0.3 is 10.4 Å². The standard InChI is InChI=1S/C15H31NO2S/c1-6-10-16-15(5,14(17)18)9-7-8-11-19-13(4)12(2)3/h12-13,16H,6-11H2,1-5H3,(H,17,18). The van der Waals surface area contributed by atoms with Crippen molar-refractivity contribution < 1.29 is 9.90 Å². The molecule has 0 aliphatic carbocycles. The van der Waals surface area contributed by atoms with Crippen LogP contribution >= 0.6 is 11.8 Å². The van der Waals surface area contributed by atoms with Crippen molar-refractivity contribution in [1.82, 2.24) is 5.32 Å². The summed E-state index contributed by atoms with van der Waals surface area (Å²) in [6, 6.07) is 0. The van der Waals surface area contributed by atoms with Crippen LogP contribution in [0, 0.1) is 5.92 Å². The highest BCUT2D eigenvalue weighted by atomic mass is 32.2. The molecule has 0 saturated heterocycles. The van der Waals surface area contributed by atoms with Gasteiger partial charge in [-0.05, 0) is 44.4 Å². The van der Waals surface area contributed by atoms with Gasteiger partial charge in [-0.3, -0.25) is 4.79 Å². The normalized spacial score (nSPS) is 16.3. The summed E-state index contributed by atoms with van der Waals surface area (Å²) < 4.78 is 0. The topological polar surface area (TPSA) is 49.3 Å². The molecule has 0 aliphatic rings. The Morgan fingerprint density at radius 2 is 1.95 bits per heavy atom. The number of aliphatic carboxylic acids is 1. The molecule has 0 radical (unpaired) electrons. The maximum atomic E-state index is 11.3. The van der Waals surface area contributed by atoms with Gasteiger partial charge in [0.25, 0.3) is 0 Å². The number of carboxylic acid groups (broad SMARTS) is 1. The second-order valence-electron chi connectivity index (χ2n) is 5.84. The van der Waals surface area contributed by atoms with Gasteiger partial charge in [0, 0.05) is 5.25 Å². The fraction of sp³-hybridized carbons (Fsp3) is 0.933. The highest BCUT2D eigenvalue weighted by Crippen LogP contribution is 2.21. The van der Waals surface area contributed by atoms with Crippen LogP contribution in [0.2, 0.25) is 0 Å². The van der Waals surface area contributed by atoms with Crippen molar-refractivity contribution in [2.24, 2.45) is 5.92 Å². The molecule has 0 spiro atoms. The van der Waals surface area contributed by atoms with Gasteiger partial charge in [-0.1, -0.05) is 34.1 Å². The number of hydrogen-bond acceptors (Lipinski definition) is 3. The molecular formula is C15H31NO2S. The van der Waals surface area contributed by atoms with Crippen LogP contribution in [0.5, 0.6) is 0 Å². The summed E-state index contributed by atoms with van der Waals surface area (Å²) in [4.78, 5) is 11.3. The van der Waals surface area contributed by atoms with Crippen molar-refractivity contribution in [3.8, 4) is 0 Å². The van der Waals surface area contributed by atoms with Crippen molar-refractivity contribution in [3.05, 3.63) is 0 Å². The molecule has 0 rings (SSSR count). The van der Waals surface area contributed by atoms with E-state index in [0.717, 1.165) is 31.6 Å². The molecule has 2 atom stereocenters. The lowest BCUT2D eigenvalue weighted by molar-refractivity contribution is -0.144. The van der Waals surface area contributed by atoms with Crippen molar-refractivity contribution in [3.63, 3.8) is 0 Å². The van der Waals surface area contributed by atoms with E-state index in [1.54, 1.807) is 6.92 Å². The third kappa shape index (κ3) is 7.83. The molecule has 3 nitrogen and oxygen atoms in total. The van der Waals surface area contributed by atoms with Gasteiger partial charge in [-0.15, -0.1) is 0 Å². The molecule has 0 aromatic heterocycles. The summed E-state index contributed by atoms with van der Waals surface area (Å²) in [7, 11) is 0. The summed E-state index contributed by atoms with van der Waals surface area (Å²) in [5, 5.41) is 13.2. The van der Waals surface area contributed by atoms with Gasteiger partial charge in [-0.2, -0.15) is 11.8 Å². The van der Waals surface area contributed by atoms with E-state index in [0.29, 0.717) is 17.6 Å². The van der Waals surface area contributed by atoms with E-state index in [-0.39, 0.29) is 0 Å². The van der Waals surface area contributed by atoms with E-state index < -0.39 is 11.5 Å². The van der Waals surface area contributed by atoms with Gasteiger partial charge in [0.05, 0.1) is 0 Å². The van der Waals surface area contributed by atoms with Crippen LogP contribution in [0.25, 0.3) is 0 Å². The Bertz CT molecular complexity index is 259. The second kappa shape index (κ2) is 9.65. The number of carboxylic acids is 1. The molecule has 0 saturated carbocycles. The van der Waals surface area contributed by atoms with Crippen LogP contribution in [-0.4, -0.2) is 34.2 Å². The average molecular weight is 289 g/mol. The van der Waals surface area contributed by atoms with E-state index >= 15 is 0 Å². The Morgan fingerprint density at radius 3 is 2.42 bits per heavy atom. The zero-order valence-electron chi connectivity index (χ0n) is 13.2. The molecule has 4 heteroatoms. The fourth-order valence-corrected chi connectivity index (χ4v) is 2.84. The van der Waals surface area contributed by atoms with Crippen molar-refractivity contribution in [2.75, 3.05) is 12.3 Å². The van der Waals surface area contributed by atoms with Crippen LogP contribution in [0.4, 0.5) is 0 Å². The van der Waals surface area contributed by atoms with Gasteiger partial charge in [-0.25, -0.2) is 0 Å². The summed E-state index contributed by atoms with van der Waals surface area (Å²) >= 11 is 1.99. The van der Waals surface area contributed by atoms with Crippen LogP contribution in [0.3, 0.4) is 0 Å². The van der Waals surface area contributed by atoms with Gasteiger partial charge in [0.15, 0.2) is 0 Å². The molecule has 0 aromatic carbocycles. The molecular weight excluding hydrogens is 258 g/mol. The fourth-order valence-electron chi connectivity index (χ4n) is 1.71. The van der Waals surface area contributed by atoms with Crippen LogP contribution in [0.1, 0.15) is 60.3 Å². The first-order valence-corrected chi connectivity index (χ1v) is 8.48. The molecule has 0 bridgehead atoms. The number of rotatable bonds is 11. The monoisotopic (exact) mass is 289 g/mol. The lowest BCUT2D eigenvalue weighted by atomic mass is 9.95. The zero-order valence-corrected chi connectivity index (χ0v) is 14.0. The Labute approximate surface area is 122 Å². The molecule has 0 amide bonds. The van der Waals surface area contributed by atoms with E-state index in [9.17, 15) is 9.90 Å². The highest BCUT2D eigenvalue weighted by molar-refractivity contribution is 7.99. The van der Waals surface area contributed by atoms with E-state index in [1.165, 1.54) is 0 Å². The number of unbranched alkanes of at least 4 members (excludes halogenated alkanes) is 1. The van der Waals surface area contributed by atoms with Crippen molar-refractivity contribution in [1.29, 1.82) is 0 Å². The first-order chi connectivity index (χ1) is 8.83. The minimum absolute atomic E-state index is 0.684. The minimum Gasteiger partial charge on any atom is -0.480 e. The van der Waals surface area contributed by atoms with E-state index in [4.69, 9.17) is 0 Å².